The molecule has 0 spiro atoms. The first-order valence-corrected chi connectivity index (χ1v) is 8.72. The van der Waals surface area contributed by atoms with Crippen LogP contribution in [0.25, 0.3) is 10.7 Å². The second kappa shape index (κ2) is 5.07. The smallest absolute Gasteiger partial charge is 0.358 e. The molecule has 1 aliphatic heterocycles. The highest BCUT2D eigenvalue weighted by atomic mass is 32.1. The van der Waals surface area contributed by atoms with Crippen molar-refractivity contribution in [3.63, 3.8) is 0 Å². The zero-order valence-electron chi connectivity index (χ0n) is 12.5. The summed E-state index contributed by atoms with van der Waals surface area (Å²) in [6.45, 7) is 0. The van der Waals surface area contributed by atoms with Crippen LogP contribution in [-0.4, -0.2) is 39.1 Å². The molecule has 2 saturated carbocycles. The lowest BCUT2D eigenvalue weighted by molar-refractivity contribution is -0.146. The monoisotopic (exact) mass is 343 g/mol. The fraction of sp³-hybridized carbons (Fsp3) is 0.438. The molecule has 3 aliphatic rings. The lowest BCUT2D eigenvalue weighted by Gasteiger charge is -2.24. The van der Waals surface area contributed by atoms with Gasteiger partial charge >= 0.3 is 11.9 Å². The zero-order valence-corrected chi connectivity index (χ0v) is 13.3. The van der Waals surface area contributed by atoms with Gasteiger partial charge in [0.1, 0.15) is 22.9 Å². The highest BCUT2D eigenvalue weighted by Crippen LogP contribution is 2.55. The second-order valence-corrected chi connectivity index (χ2v) is 7.26. The molecule has 5 atom stereocenters. The van der Waals surface area contributed by atoms with Gasteiger partial charge in [-0.1, -0.05) is 0 Å². The summed E-state index contributed by atoms with van der Waals surface area (Å²) in [5.41, 5.74) is 0.873. The van der Waals surface area contributed by atoms with E-state index in [1.54, 1.807) is 24.0 Å². The molecule has 1 saturated heterocycles. The second-order valence-electron chi connectivity index (χ2n) is 6.40. The van der Waals surface area contributed by atoms with E-state index < -0.39 is 5.97 Å². The molecule has 3 fully saturated rings. The minimum absolute atomic E-state index is 0.0116. The summed E-state index contributed by atoms with van der Waals surface area (Å²) in [7, 11) is 0. The normalized spacial score (nSPS) is 32.8. The molecular formula is C16H13N3O4S. The summed E-state index contributed by atoms with van der Waals surface area (Å²) in [5.74, 6) is -0.162. The SMILES string of the molecule is O=C(O[C@@H]1[C@@H]2C[C@@H]3[C@@H]1OC(=O)[C@@H]3C2)c1csc(-c2cnccn2)n1. The number of nitrogens with zero attached hydrogens (tertiary/aromatic N) is 3. The van der Waals surface area contributed by atoms with Crippen molar-refractivity contribution in [1.82, 2.24) is 15.0 Å². The molecule has 3 heterocycles. The molecule has 24 heavy (non-hydrogen) atoms. The molecule has 0 aromatic carbocycles. The van der Waals surface area contributed by atoms with Crippen LogP contribution in [0.1, 0.15) is 23.3 Å². The van der Waals surface area contributed by atoms with E-state index in [4.69, 9.17) is 9.47 Å². The number of thiazole rings is 1. The van der Waals surface area contributed by atoms with E-state index in [-0.39, 0.29) is 41.6 Å². The van der Waals surface area contributed by atoms with E-state index in [0.717, 1.165) is 12.8 Å². The maximum atomic E-state index is 12.4. The largest absolute Gasteiger partial charge is 0.458 e. The van der Waals surface area contributed by atoms with Crippen LogP contribution in [0.2, 0.25) is 0 Å². The van der Waals surface area contributed by atoms with E-state index in [0.29, 0.717) is 10.7 Å². The third kappa shape index (κ3) is 1.99. The molecule has 7 nitrogen and oxygen atoms in total. The summed E-state index contributed by atoms with van der Waals surface area (Å²) in [6, 6.07) is 0. The van der Waals surface area contributed by atoms with Crippen molar-refractivity contribution in [3.8, 4) is 10.7 Å². The number of hydrogen-bond acceptors (Lipinski definition) is 8. The molecule has 2 aromatic heterocycles. The first kappa shape index (κ1) is 14.0. The molecule has 0 radical (unpaired) electrons. The molecule has 0 N–H and O–H groups in total. The van der Waals surface area contributed by atoms with Gasteiger partial charge < -0.3 is 9.47 Å². The van der Waals surface area contributed by atoms with Gasteiger partial charge in [-0.15, -0.1) is 11.3 Å². The molecule has 0 unspecified atom stereocenters. The molecule has 5 rings (SSSR count). The highest BCUT2D eigenvalue weighted by Gasteiger charge is 2.63. The predicted molar refractivity (Wildman–Crippen MR) is 81.9 cm³/mol. The van der Waals surface area contributed by atoms with Gasteiger partial charge in [0.2, 0.25) is 0 Å². The lowest BCUT2D eigenvalue weighted by Crippen LogP contribution is -2.36. The molecule has 122 valence electrons. The zero-order chi connectivity index (χ0) is 16.3. The number of esters is 2. The van der Waals surface area contributed by atoms with Crippen molar-refractivity contribution in [1.29, 1.82) is 0 Å². The summed E-state index contributed by atoms with van der Waals surface area (Å²) < 4.78 is 11.1. The van der Waals surface area contributed by atoms with E-state index in [9.17, 15) is 9.59 Å². The average Bonchev–Trinajstić information content (AvgIpc) is 3.33. The van der Waals surface area contributed by atoms with Crippen LogP contribution < -0.4 is 0 Å². The van der Waals surface area contributed by atoms with Crippen LogP contribution >= 0.6 is 11.3 Å². The van der Waals surface area contributed by atoms with E-state index in [1.807, 2.05) is 0 Å². The van der Waals surface area contributed by atoms with Crippen LogP contribution in [0.5, 0.6) is 0 Å². The van der Waals surface area contributed by atoms with Gasteiger partial charge in [-0.25, -0.2) is 9.78 Å². The summed E-state index contributed by atoms with van der Waals surface area (Å²) in [6.07, 6.45) is 5.81. The van der Waals surface area contributed by atoms with Gasteiger partial charge in [0, 0.05) is 29.6 Å². The Morgan fingerprint density at radius 3 is 3.08 bits per heavy atom. The van der Waals surface area contributed by atoms with E-state index in [1.165, 1.54) is 11.3 Å². The predicted octanol–water partition coefficient (Wildman–Crippen LogP) is 1.71. The Bertz CT molecular complexity index is 824. The lowest BCUT2D eigenvalue weighted by atomic mass is 9.88. The maximum Gasteiger partial charge on any atom is 0.358 e. The Balaban J connectivity index is 1.33. The fourth-order valence-corrected chi connectivity index (χ4v) is 4.89. The summed E-state index contributed by atoms with van der Waals surface area (Å²) in [5, 5.41) is 2.28. The van der Waals surface area contributed by atoms with Gasteiger partial charge in [-0.3, -0.25) is 14.8 Å². The van der Waals surface area contributed by atoms with Gasteiger partial charge in [0.25, 0.3) is 0 Å². The standard InChI is InChI=1S/C16H13N3O4S/c20-15-9-4-7-3-8(9)13(23-15)12(7)22-16(21)11-6-24-14(19-11)10-5-17-1-2-18-10/h1-2,5-9,12-13H,3-4H2/t7-,8+,9-,12-,13+/m1/s1. The van der Waals surface area contributed by atoms with Crippen LogP contribution in [0.4, 0.5) is 0 Å². The minimum Gasteiger partial charge on any atom is -0.458 e. The molecule has 8 heteroatoms. The van der Waals surface area contributed by atoms with Crippen molar-refractivity contribution in [2.75, 3.05) is 0 Å². The number of hydrogen-bond donors (Lipinski definition) is 0. The summed E-state index contributed by atoms with van der Waals surface area (Å²) >= 11 is 1.32. The Labute approximate surface area is 141 Å². The Morgan fingerprint density at radius 1 is 1.33 bits per heavy atom. The van der Waals surface area contributed by atoms with Crippen LogP contribution in [0.15, 0.2) is 24.0 Å². The Morgan fingerprint density at radius 2 is 2.25 bits per heavy atom. The molecular weight excluding hydrogens is 330 g/mol. The van der Waals surface area contributed by atoms with Gasteiger partial charge in [0.15, 0.2) is 5.69 Å². The van der Waals surface area contributed by atoms with Gasteiger partial charge in [-0.2, -0.15) is 0 Å². The number of carbonyl (C=O) groups excluding carboxylic acids is 2. The van der Waals surface area contributed by atoms with Crippen molar-refractivity contribution in [2.24, 2.45) is 17.8 Å². The average molecular weight is 343 g/mol. The topological polar surface area (TPSA) is 91.3 Å². The van der Waals surface area contributed by atoms with Crippen LogP contribution in [0, 0.1) is 17.8 Å². The fourth-order valence-electron chi connectivity index (χ4n) is 4.14. The first-order chi connectivity index (χ1) is 11.7. The molecule has 2 aliphatic carbocycles. The first-order valence-electron chi connectivity index (χ1n) is 7.84. The minimum atomic E-state index is -0.474. The maximum absolute atomic E-state index is 12.4. The number of fused-ring (bicyclic) bond motifs is 1. The van der Waals surface area contributed by atoms with Crippen molar-refractivity contribution >= 4 is 23.3 Å². The van der Waals surface area contributed by atoms with E-state index >= 15 is 0 Å². The van der Waals surface area contributed by atoms with Crippen LogP contribution in [-0.2, 0) is 14.3 Å². The number of rotatable bonds is 3. The van der Waals surface area contributed by atoms with Crippen molar-refractivity contribution in [3.05, 3.63) is 29.7 Å². The highest BCUT2D eigenvalue weighted by molar-refractivity contribution is 7.13. The van der Waals surface area contributed by atoms with Crippen LogP contribution in [0.3, 0.4) is 0 Å². The Kier molecular flexibility index (Phi) is 2.97. The molecule has 2 aromatic rings. The quantitative estimate of drug-likeness (QED) is 0.783. The Hall–Kier alpha value is -2.35. The molecule has 0 amide bonds. The third-order valence-electron chi connectivity index (χ3n) is 5.15. The van der Waals surface area contributed by atoms with E-state index in [2.05, 4.69) is 15.0 Å². The van der Waals surface area contributed by atoms with Gasteiger partial charge in [-0.05, 0) is 12.8 Å². The van der Waals surface area contributed by atoms with Crippen molar-refractivity contribution < 1.29 is 19.1 Å². The van der Waals surface area contributed by atoms with Gasteiger partial charge in [0.05, 0.1) is 12.1 Å². The third-order valence-corrected chi connectivity index (χ3v) is 6.02. The van der Waals surface area contributed by atoms with Crippen molar-refractivity contribution in [2.45, 2.75) is 25.0 Å². The number of aromatic nitrogens is 3. The molecule has 2 bridgehead atoms. The number of ether oxygens (including phenoxy) is 2. The summed E-state index contributed by atoms with van der Waals surface area (Å²) in [4.78, 5) is 36.7. The number of carbonyl (C=O) groups is 2.